The Morgan fingerprint density at radius 1 is 1.14 bits per heavy atom. The molecule has 0 amide bonds. The fourth-order valence-electron chi connectivity index (χ4n) is 3.75. The number of fused-ring (bicyclic) bond motifs is 1. The first-order valence-corrected chi connectivity index (χ1v) is 9.55. The minimum absolute atomic E-state index is 0.120. The monoisotopic (exact) mass is 376 g/mol. The topological polar surface area (TPSA) is 45.6 Å². The summed E-state index contributed by atoms with van der Waals surface area (Å²) < 4.78 is 15.3. The number of aromatic nitrogens is 3. The summed E-state index contributed by atoms with van der Waals surface area (Å²) in [4.78, 5) is 3.52. The summed E-state index contributed by atoms with van der Waals surface area (Å²) in [6.07, 6.45) is 1.86. The lowest BCUT2D eigenvalue weighted by atomic mass is 10.1. The van der Waals surface area contributed by atoms with Gasteiger partial charge < -0.3 is 10.3 Å². The Labute approximate surface area is 164 Å². The van der Waals surface area contributed by atoms with Gasteiger partial charge in [0.1, 0.15) is 5.82 Å². The quantitative estimate of drug-likeness (QED) is 0.498. The van der Waals surface area contributed by atoms with E-state index < -0.39 is 0 Å². The molecule has 4 nitrogen and oxygen atoms in total. The minimum atomic E-state index is -0.260. The molecule has 2 aromatic carbocycles. The van der Waals surface area contributed by atoms with Gasteiger partial charge in [-0.1, -0.05) is 17.7 Å². The third-order valence-corrected chi connectivity index (χ3v) is 5.47. The third-order valence-electron chi connectivity index (χ3n) is 5.47. The molecule has 0 radical (unpaired) electrons. The number of halogens is 1. The first-order chi connectivity index (χ1) is 13.4. The van der Waals surface area contributed by atoms with E-state index >= 15 is 0 Å². The predicted octanol–water partition coefficient (Wildman–Crippen LogP) is 5.27. The van der Waals surface area contributed by atoms with Crippen LogP contribution in [0.15, 0.2) is 48.7 Å². The summed E-state index contributed by atoms with van der Waals surface area (Å²) in [6, 6.07) is 13.1. The lowest BCUT2D eigenvalue weighted by Gasteiger charge is -2.14. The predicted molar refractivity (Wildman–Crippen MR) is 111 cm³/mol. The van der Waals surface area contributed by atoms with E-state index in [1.165, 1.54) is 39.9 Å². The van der Waals surface area contributed by atoms with Gasteiger partial charge in [-0.3, -0.25) is 0 Å². The Morgan fingerprint density at radius 3 is 2.75 bits per heavy atom. The van der Waals surface area contributed by atoms with Gasteiger partial charge in [-0.15, -0.1) is 0 Å². The van der Waals surface area contributed by atoms with Gasteiger partial charge in [0.15, 0.2) is 0 Å². The van der Waals surface area contributed by atoms with E-state index in [2.05, 4.69) is 54.4 Å². The number of hydrogen-bond donors (Lipinski definition) is 2. The number of aromatic amines is 1. The van der Waals surface area contributed by atoms with Crippen molar-refractivity contribution >= 4 is 10.9 Å². The molecule has 0 fully saturated rings. The van der Waals surface area contributed by atoms with Gasteiger partial charge >= 0.3 is 0 Å². The van der Waals surface area contributed by atoms with Crippen LogP contribution in [0.25, 0.3) is 16.6 Å². The zero-order valence-electron chi connectivity index (χ0n) is 16.7. The molecule has 0 aliphatic rings. The molecule has 144 valence electrons. The highest BCUT2D eigenvalue weighted by Crippen LogP contribution is 2.25. The molecule has 0 bridgehead atoms. The van der Waals surface area contributed by atoms with Crippen molar-refractivity contribution < 1.29 is 4.39 Å². The van der Waals surface area contributed by atoms with Crippen LogP contribution in [0.3, 0.4) is 0 Å². The van der Waals surface area contributed by atoms with Crippen molar-refractivity contribution in [2.75, 3.05) is 0 Å². The normalized spacial score (nSPS) is 12.6. The molecule has 1 unspecified atom stereocenters. The molecule has 0 saturated carbocycles. The maximum Gasteiger partial charge on any atom is 0.125 e. The molecule has 0 spiro atoms. The van der Waals surface area contributed by atoms with E-state index in [0.717, 1.165) is 23.5 Å². The first kappa shape index (κ1) is 18.4. The van der Waals surface area contributed by atoms with Gasteiger partial charge in [-0.05, 0) is 63.6 Å². The SMILES string of the molecule is Cc1ccc2[nH]c(CNC(C)c3cnn(-c4cccc(F)c4)c3C)c(C)c2c1. The molecule has 4 rings (SSSR count). The van der Waals surface area contributed by atoms with E-state index in [9.17, 15) is 4.39 Å². The lowest BCUT2D eigenvalue weighted by molar-refractivity contribution is 0.565. The van der Waals surface area contributed by atoms with Crippen LogP contribution < -0.4 is 5.32 Å². The van der Waals surface area contributed by atoms with Gasteiger partial charge in [0.2, 0.25) is 0 Å². The van der Waals surface area contributed by atoms with Gasteiger partial charge in [-0.2, -0.15) is 5.10 Å². The van der Waals surface area contributed by atoms with Crippen LogP contribution in [0, 0.1) is 26.6 Å². The Kier molecular flexibility index (Phi) is 4.77. The molecule has 4 aromatic rings. The number of H-pyrrole nitrogens is 1. The summed E-state index contributed by atoms with van der Waals surface area (Å²) >= 11 is 0. The molecule has 2 aromatic heterocycles. The molecule has 0 aliphatic heterocycles. The second-order valence-electron chi connectivity index (χ2n) is 7.46. The molecule has 5 heteroatoms. The molecule has 28 heavy (non-hydrogen) atoms. The van der Waals surface area contributed by atoms with E-state index in [1.54, 1.807) is 10.7 Å². The summed E-state index contributed by atoms with van der Waals surface area (Å²) in [5.74, 6) is -0.260. The van der Waals surface area contributed by atoms with Gasteiger partial charge in [-0.25, -0.2) is 9.07 Å². The van der Waals surface area contributed by atoms with Crippen molar-refractivity contribution in [2.24, 2.45) is 0 Å². The van der Waals surface area contributed by atoms with Crippen molar-refractivity contribution in [3.8, 4) is 5.69 Å². The van der Waals surface area contributed by atoms with Crippen LogP contribution in [-0.2, 0) is 6.54 Å². The van der Waals surface area contributed by atoms with Crippen LogP contribution in [-0.4, -0.2) is 14.8 Å². The molecule has 2 heterocycles. The van der Waals surface area contributed by atoms with Crippen molar-refractivity contribution in [2.45, 2.75) is 40.3 Å². The number of nitrogens with one attached hydrogen (secondary N) is 2. The van der Waals surface area contributed by atoms with E-state index in [0.29, 0.717) is 0 Å². The van der Waals surface area contributed by atoms with Crippen molar-refractivity contribution in [3.63, 3.8) is 0 Å². The van der Waals surface area contributed by atoms with Crippen LogP contribution in [0.5, 0.6) is 0 Å². The second-order valence-corrected chi connectivity index (χ2v) is 7.46. The average molecular weight is 376 g/mol. The summed E-state index contributed by atoms with van der Waals surface area (Å²) in [5.41, 5.74) is 7.76. The van der Waals surface area contributed by atoms with Crippen LogP contribution >= 0.6 is 0 Å². The van der Waals surface area contributed by atoms with E-state index in [-0.39, 0.29) is 11.9 Å². The molecule has 0 saturated heterocycles. The number of benzene rings is 2. The summed E-state index contributed by atoms with van der Waals surface area (Å²) in [5, 5.41) is 9.33. The van der Waals surface area contributed by atoms with Crippen molar-refractivity contribution in [3.05, 3.63) is 82.6 Å². The van der Waals surface area contributed by atoms with Crippen LogP contribution in [0.1, 0.15) is 41.0 Å². The van der Waals surface area contributed by atoms with Gasteiger partial charge in [0.05, 0.1) is 11.9 Å². The highest BCUT2D eigenvalue weighted by atomic mass is 19.1. The minimum Gasteiger partial charge on any atom is -0.357 e. The van der Waals surface area contributed by atoms with Gasteiger partial charge in [0.25, 0.3) is 0 Å². The Bertz CT molecular complexity index is 1140. The highest BCUT2D eigenvalue weighted by Gasteiger charge is 2.15. The lowest BCUT2D eigenvalue weighted by Crippen LogP contribution is -2.19. The summed E-state index contributed by atoms with van der Waals surface area (Å²) in [7, 11) is 0. The zero-order valence-corrected chi connectivity index (χ0v) is 16.7. The summed E-state index contributed by atoms with van der Waals surface area (Å²) in [6.45, 7) is 9.16. The Hall–Kier alpha value is -2.92. The maximum absolute atomic E-state index is 13.6. The number of nitrogens with zero attached hydrogens (tertiary/aromatic N) is 2. The fourth-order valence-corrected chi connectivity index (χ4v) is 3.75. The van der Waals surface area contributed by atoms with Crippen molar-refractivity contribution in [1.29, 1.82) is 0 Å². The number of hydrogen-bond acceptors (Lipinski definition) is 2. The fraction of sp³-hybridized carbons (Fsp3) is 0.261. The second kappa shape index (κ2) is 7.24. The maximum atomic E-state index is 13.6. The van der Waals surface area contributed by atoms with E-state index in [4.69, 9.17) is 0 Å². The largest absolute Gasteiger partial charge is 0.357 e. The van der Waals surface area contributed by atoms with Gasteiger partial charge in [0, 0.05) is 40.4 Å². The average Bonchev–Trinajstić information content (AvgIpc) is 3.20. The van der Waals surface area contributed by atoms with Crippen molar-refractivity contribution in [1.82, 2.24) is 20.1 Å². The smallest absolute Gasteiger partial charge is 0.125 e. The highest BCUT2D eigenvalue weighted by molar-refractivity contribution is 5.85. The first-order valence-electron chi connectivity index (χ1n) is 9.55. The Balaban J connectivity index is 1.53. The van der Waals surface area contributed by atoms with Crippen LogP contribution in [0.4, 0.5) is 4.39 Å². The molecule has 0 aliphatic carbocycles. The number of rotatable bonds is 5. The molecule has 1 atom stereocenters. The van der Waals surface area contributed by atoms with Crippen LogP contribution in [0.2, 0.25) is 0 Å². The molecule has 2 N–H and O–H groups in total. The third kappa shape index (κ3) is 3.34. The molecular formula is C23H25FN4. The number of aryl methyl sites for hydroxylation is 2. The van der Waals surface area contributed by atoms with E-state index in [1.807, 2.05) is 19.2 Å². The standard InChI is InChI=1S/C23H25FN4/c1-14-8-9-22-20(10-14)15(2)23(27-22)13-25-16(3)21-12-26-28(17(21)4)19-7-5-6-18(24)11-19/h5-12,16,25,27H,13H2,1-4H3. The Morgan fingerprint density at radius 2 is 1.96 bits per heavy atom. The zero-order chi connectivity index (χ0) is 19.8. The molecular weight excluding hydrogens is 351 g/mol.